The van der Waals surface area contributed by atoms with Gasteiger partial charge >= 0.3 is 6.16 Å². The van der Waals surface area contributed by atoms with E-state index in [1.54, 1.807) is 24.3 Å². The summed E-state index contributed by atoms with van der Waals surface area (Å²) >= 11 is 0. The first-order chi connectivity index (χ1) is 7.13. The summed E-state index contributed by atoms with van der Waals surface area (Å²) in [5.74, 6) is 0. The van der Waals surface area contributed by atoms with E-state index in [0.29, 0.717) is 5.56 Å². The van der Waals surface area contributed by atoms with Crippen LogP contribution < -0.4 is 0 Å². The number of nitrogens with zero attached hydrogens (tertiary/aromatic N) is 2. The number of benzene rings is 1. The van der Waals surface area contributed by atoms with E-state index >= 15 is 0 Å². The molecule has 1 aromatic carbocycles. The summed E-state index contributed by atoms with van der Waals surface area (Å²) in [5.41, 5.74) is 0.569. The van der Waals surface area contributed by atoms with Gasteiger partial charge in [0.15, 0.2) is 0 Å². The predicted octanol–water partition coefficient (Wildman–Crippen LogP) is 3.23. The van der Waals surface area contributed by atoms with E-state index in [1.807, 2.05) is 6.07 Å². The van der Waals surface area contributed by atoms with Crippen LogP contribution in [0.4, 0.5) is 9.18 Å². The molecule has 0 N–H and O–H groups in total. The van der Waals surface area contributed by atoms with Crippen molar-refractivity contribution in [2.75, 3.05) is 7.05 Å². The average Bonchev–Trinajstić information content (AvgIpc) is 2.26. The number of halogens is 1. The van der Waals surface area contributed by atoms with Crippen molar-refractivity contribution < 1.29 is 9.18 Å². The van der Waals surface area contributed by atoms with Crippen molar-refractivity contribution in [3.63, 3.8) is 0 Å². The second-order valence-electron chi connectivity index (χ2n) is 2.54. The van der Waals surface area contributed by atoms with Crippen LogP contribution in [0.25, 0.3) is 0 Å². The van der Waals surface area contributed by atoms with Gasteiger partial charge in [-0.15, -0.1) is 4.39 Å². The molecule has 0 fully saturated rings. The van der Waals surface area contributed by atoms with Gasteiger partial charge in [-0.3, -0.25) is 4.31 Å². The Morgan fingerprint density at radius 2 is 2.07 bits per heavy atom. The monoisotopic (exact) mass is 242 g/mol. The van der Waals surface area contributed by atoms with Crippen LogP contribution in [-0.4, -0.2) is 17.5 Å². The van der Waals surface area contributed by atoms with E-state index in [4.69, 9.17) is 5.26 Å². The van der Waals surface area contributed by atoms with E-state index in [2.05, 4.69) is 0 Å². The quantitative estimate of drug-likeness (QED) is 0.353. The molecule has 0 unspecified atom stereocenters. The first kappa shape index (κ1) is 11.9. The third kappa shape index (κ3) is 3.81. The molecule has 0 saturated carbocycles. The summed E-state index contributed by atoms with van der Waals surface area (Å²) < 4.78 is 13.0. The van der Waals surface area contributed by atoms with Crippen molar-refractivity contribution in [2.24, 2.45) is 0 Å². The third-order valence-electron chi connectivity index (χ3n) is 1.48. The number of nitriles is 1. The van der Waals surface area contributed by atoms with Gasteiger partial charge in [-0.05, 0) is 35.1 Å². The molecule has 6 heteroatoms. The lowest BCUT2D eigenvalue weighted by molar-refractivity contribution is 0.210. The molecule has 0 atom stereocenters. The Kier molecular flexibility index (Phi) is 4.46. The van der Waals surface area contributed by atoms with Crippen LogP contribution in [0.5, 0.6) is 0 Å². The zero-order valence-electron chi connectivity index (χ0n) is 7.81. The smallest absolute Gasteiger partial charge is 0.251 e. The molecule has 0 saturated heterocycles. The third-order valence-corrected chi connectivity index (χ3v) is 3.85. The van der Waals surface area contributed by atoms with E-state index in [-0.39, 0.29) is 0 Å². The molecule has 1 amide bonds. The molecule has 0 radical (unpaired) electrons. The first-order valence-electron chi connectivity index (χ1n) is 3.91. The van der Waals surface area contributed by atoms with Gasteiger partial charge in [0, 0.05) is 22.9 Å². The Balaban J connectivity index is 2.52. The molecule has 78 valence electrons. The lowest BCUT2D eigenvalue weighted by atomic mass is 10.2. The summed E-state index contributed by atoms with van der Waals surface area (Å²) in [4.78, 5) is 11.1. The fourth-order valence-electron chi connectivity index (χ4n) is 0.713. The number of carbonyl (C=O) groups is 1. The minimum atomic E-state index is -1.49. The average molecular weight is 242 g/mol. The van der Waals surface area contributed by atoms with Gasteiger partial charge in [0.1, 0.15) is 0 Å². The van der Waals surface area contributed by atoms with Gasteiger partial charge in [-0.2, -0.15) is 5.26 Å². The van der Waals surface area contributed by atoms with Crippen LogP contribution in [0, 0.1) is 11.3 Å². The van der Waals surface area contributed by atoms with Gasteiger partial charge in [-0.25, -0.2) is 4.79 Å². The van der Waals surface area contributed by atoms with E-state index in [9.17, 15) is 9.18 Å². The van der Waals surface area contributed by atoms with Gasteiger partial charge in [0.25, 0.3) is 0 Å². The molecule has 0 aliphatic carbocycles. The van der Waals surface area contributed by atoms with Crippen molar-refractivity contribution in [1.82, 2.24) is 4.31 Å². The zero-order chi connectivity index (χ0) is 11.3. The Morgan fingerprint density at radius 3 is 2.53 bits per heavy atom. The van der Waals surface area contributed by atoms with Gasteiger partial charge in [0.2, 0.25) is 0 Å². The maximum atomic E-state index is 12.1. The van der Waals surface area contributed by atoms with Gasteiger partial charge in [-0.1, -0.05) is 0 Å². The number of carbonyl (C=O) groups excluding carboxylic acids is 1. The zero-order valence-corrected chi connectivity index (χ0v) is 9.44. The van der Waals surface area contributed by atoms with E-state index in [0.717, 1.165) is 20.2 Å². The van der Waals surface area contributed by atoms with Crippen LogP contribution in [0.1, 0.15) is 5.56 Å². The normalized spacial score (nSPS) is 9.40. The molecule has 1 aromatic rings. The Morgan fingerprint density at radius 1 is 1.47 bits per heavy atom. The van der Waals surface area contributed by atoms with Gasteiger partial charge < -0.3 is 0 Å². The molecule has 0 aromatic heterocycles. The summed E-state index contributed by atoms with van der Waals surface area (Å²) in [7, 11) is 3.59. The minimum absolute atomic E-state index is 0.569. The standard InChI is InChI=1S/C9H7FN2OS2/c1-12(9(10)13)15-14-8-4-2-7(6-11)3-5-8/h2-5H,1H3. The lowest BCUT2D eigenvalue weighted by Crippen LogP contribution is -2.10. The van der Waals surface area contributed by atoms with E-state index in [1.165, 1.54) is 17.8 Å². The van der Waals surface area contributed by atoms with Crippen LogP contribution in [-0.2, 0) is 0 Å². The van der Waals surface area contributed by atoms with E-state index < -0.39 is 6.16 Å². The van der Waals surface area contributed by atoms with Crippen molar-refractivity contribution in [3.05, 3.63) is 29.8 Å². The second kappa shape index (κ2) is 5.63. The molecule has 1 rings (SSSR count). The summed E-state index contributed by atoms with van der Waals surface area (Å²) in [6, 6.07) is 8.82. The molecule has 0 spiro atoms. The molecule has 0 aliphatic heterocycles. The molecule has 0 heterocycles. The SMILES string of the molecule is CN(SSc1ccc(C#N)cc1)C(=O)F. The number of hydrogen-bond donors (Lipinski definition) is 0. The van der Waals surface area contributed by atoms with Crippen LogP contribution in [0.3, 0.4) is 0 Å². The Labute approximate surface area is 94.8 Å². The Bertz CT molecular complexity index is 388. The fourth-order valence-corrected chi connectivity index (χ4v) is 2.32. The Hall–Kier alpha value is -1.19. The molecule has 15 heavy (non-hydrogen) atoms. The molecule has 3 nitrogen and oxygen atoms in total. The topological polar surface area (TPSA) is 44.1 Å². The van der Waals surface area contributed by atoms with Crippen molar-refractivity contribution in [3.8, 4) is 6.07 Å². The second-order valence-corrected chi connectivity index (χ2v) is 4.83. The number of amides is 1. The molecule has 0 aliphatic rings. The minimum Gasteiger partial charge on any atom is -0.251 e. The highest BCUT2D eigenvalue weighted by atomic mass is 33.1. The van der Waals surface area contributed by atoms with Crippen LogP contribution in [0.15, 0.2) is 29.2 Å². The predicted molar refractivity (Wildman–Crippen MR) is 58.9 cm³/mol. The highest BCUT2D eigenvalue weighted by molar-refractivity contribution is 8.75. The lowest BCUT2D eigenvalue weighted by Gasteiger charge is -2.08. The number of hydrogen-bond acceptors (Lipinski definition) is 4. The first-order valence-corrected chi connectivity index (χ1v) is 6.02. The van der Waals surface area contributed by atoms with Crippen molar-refractivity contribution in [1.29, 1.82) is 5.26 Å². The largest absolute Gasteiger partial charge is 0.410 e. The molecular formula is C9H7FN2OS2. The summed E-state index contributed by atoms with van der Waals surface area (Å²) in [6.07, 6.45) is -1.49. The maximum absolute atomic E-state index is 12.1. The molecular weight excluding hydrogens is 235 g/mol. The highest BCUT2D eigenvalue weighted by Crippen LogP contribution is 2.33. The summed E-state index contributed by atoms with van der Waals surface area (Å²) in [6.45, 7) is 0. The van der Waals surface area contributed by atoms with Gasteiger partial charge in [0.05, 0.1) is 11.6 Å². The fraction of sp³-hybridized carbons (Fsp3) is 0.111. The van der Waals surface area contributed by atoms with Crippen LogP contribution >= 0.6 is 21.8 Å². The van der Waals surface area contributed by atoms with Crippen molar-refractivity contribution in [2.45, 2.75) is 4.90 Å². The maximum Gasteiger partial charge on any atom is 0.410 e. The highest BCUT2D eigenvalue weighted by Gasteiger charge is 2.07. The van der Waals surface area contributed by atoms with Crippen LogP contribution in [0.2, 0.25) is 0 Å². The van der Waals surface area contributed by atoms with Crippen molar-refractivity contribution >= 4 is 27.9 Å². The summed E-state index contributed by atoms with van der Waals surface area (Å²) in [5, 5.41) is 8.55. The molecule has 0 bridgehead atoms. The number of rotatable bonds is 3.